The molecule has 3 aromatic heterocycles. The Morgan fingerprint density at radius 2 is 1.88 bits per heavy atom. The smallest absolute Gasteiger partial charge is 0.254 e. The Kier molecular flexibility index (Phi) is 6.18. The molecule has 1 aliphatic heterocycles. The van der Waals surface area contributed by atoms with E-state index in [-0.39, 0.29) is 5.78 Å². The highest BCUT2D eigenvalue weighted by molar-refractivity contribution is 5.96. The number of imidazole rings is 1. The van der Waals surface area contributed by atoms with Crippen LogP contribution in [0.5, 0.6) is 0 Å². The molecule has 0 bridgehead atoms. The first kappa shape index (κ1) is 21.9. The minimum Gasteiger partial charge on any atom is -0.378 e. The summed E-state index contributed by atoms with van der Waals surface area (Å²) in [5.74, 6) is 1.48. The number of carbonyl (C=O) groups excluding carboxylic acids is 1. The number of hydrogen-bond acceptors (Lipinski definition) is 7. The first-order valence-electron chi connectivity index (χ1n) is 11.1. The number of hydrogen-bond donors (Lipinski definition) is 0. The van der Waals surface area contributed by atoms with Gasteiger partial charge in [-0.05, 0) is 26.0 Å². The van der Waals surface area contributed by atoms with E-state index in [0.29, 0.717) is 61.6 Å². The molecule has 168 valence electrons. The van der Waals surface area contributed by atoms with Crippen LogP contribution in [0.25, 0.3) is 28.0 Å². The fourth-order valence-corrected chi connectivity index (χ4v) is 3.89. The van der Waals surface area contributed by atoms with E-state index in [9.17, 15) is 4.79 Å². The minimum absolute atomic E-state index is 0.0929. The third kappa shape index (κ3) is 3.84. The van der Waals surface area contributed by atoms with E-state index in [1.165, 1.54) is 12.5 Å². The zero-order chi connectivity index (χ0) is 22.8. The molecule has 0 saturated carbocycles. The summed E-state index contributed by atoms with van der Waals surface area (Å²) in [7, 11) is 0. The number of anilines is 1. The Hall–Kier alpha value is -3.33. The number of ether oxygens (including phenoxy) is 1. The van der Waals surface area contributed by atoms with Gasteiger partial charge in [0.1, 0.15) is 0 Å². The largest absolute Gasteiger partial charge is 0.378 e. The lowest BCUT2D eigenvalue weighted by molar-refractivity contribution is 0.1000. The van der Waals surface area contributed by atoms with Crippen LogP contribution in [0.15, 0.2) is 24.4 Å². The molecule has 0 spiro atoms. The maximum Gasteiger partial charge on any atom is 0.254 e. The Balaban J connectivity index is 0.00000119. The van der Waals surface area contributed by atoms with Crippen molar-refractivity contribution in [1.29, 1.82) is 0 Å². The topological polar surface area (TPSA) is 91.0 Å². The molecule has 0 atom stereocenters. The highest BCUT2D eigenvalue weighted by Crippen LogP contribution is 2.27. The van der Waals surface area contributed by atoms with Crippen molar-refractivity contribution >= 4 is 33.7 Å². The maximum atomic E-state index is 12.2. The molecule has 4 aromatic rings. The lowest BCUT2D eigenvalue weighted by Gasteiger charge is -2.28. The van der Waals surface area contributed by atoms with E-state index in [1.807, 2.05) is 43.7 Å². The van der Waals surface area contributed by atoms with Gasteiger partial charge in [-0.3, -0.25) is 4.79 Å². The molecule has 0 N–H and O–H groups in total. The monoisotopic (exact) mass is 435 g/mol. The van der Waals surface area contributed by atoms with Crippen molar-refractivity contribution in [3.63, 3.8) is 0 Å². The molecule has 5 rings (SSSR count). The number of fused-ring (bicyclic) bond motifs is 2. The molecule has 1 fully saturated rings. The number of nitrogens with zero attached hydrogens (tertiary/aromatic N) is 7. The van der Waals surface area contributed by atoms with Gasteiger partial charge in [-0.15, -0.1) is 0 Å². The average molecular weight is 436 g/mol. The van der Waals surface area contributed by atoms with Gasteiger partial charge in [0.05, 0.1) is 18.7 Å². The van der Waals surface area contributed by atoms with Crippen LogP contribution >= 0.6 is 0 Å². The summed E-state index contributed by atoms with van der Waals surface area (Å²) in [6, 6.07) is 6.12. The van der Waals surface area contributed by atoms with Gasteiger partial charge in [0.15, 0.2) is 28.6 Å². The normalized spacial score (nSPS) is 14.0. The third-order valence-electron chi connectivity index (χ3n) is 5.37. The predicted octanol–water partition coefficient (Wildman–Crippen LogP) is 3.56. The molecule has 1 aliphatic rings. The van der Waals surface area contributed by atoms with Crippen LogP contribution in [0.1, 0.15) is 43.9 Å². The summed E-state index contributed by atoms with van der Waals surface area (Å²) < 4.78 is 9.05. The van der Waals surface area contributed by atoms with Gasteiger partial charge in [0.25, 0.3) is 5.95 Å². The number of aryl methyl sites for hydroxylation is 2. The molecular formula is C23H29N7O2. The lowest BCUT2D eigenvalue weighted by Crippen LogP contribution is -2.37. The fourth-order valence-electron chi connectivity index (χ4n) is 3.89. The van der Waals surface area contributed by atoms with Crippen molar-refractivity contribution in [3.05, 3.63) is 35.8 Å². The van der Waals surface area contributed by atoms with Gasteiger partial charge >= 0.3 is 0 Å². The van der Waals surface area contributed by atoms with Crippen LogP contribution in [0.4, 0.5) is 5.82 Å². The minimum atomic E-state index is -0.0929. The van der Waals surface area contributed by atoms with E-state index >= 15 is 0 Å². The van der Waals surface area contributed by atoms with E-state index in [1.54, 1.807) is 4.68 Å². The van der Waals surface area contributed by atoms with Crippen LogP contribution in [0, 0.1) is 6.92 Å². The van der Waals surface area contributed by atoms with E-state index < -0.39 is 0 Å². The molecule has 0 amide bonds. The number of Topliss-reactive ketones (excluding diaryl/α,β-unsaturated/α-hetero) is 1. The van der Waals surface area contributed by atoms with Crippen molar-refractivity contribution in [2.45, 2.75) is 41.2 Å². The van der Waals surface area contributed by atoms with E-state index in [2.05, 4.69) is 28.0 Å². The van der Waals surface area contributed by atoms with Gasteiger partial charge in [0.2, 0.25) is 0 Å². The second-order valence-electron chi connectivity index (χ2n) is 7.49. The zero-order valence-electron chi connectivity index (χ0n) is 19.3. The van der Waals surface area contributed by atoms with Crippen molar-refractivity contribution in [2.75, 3.05) is 31.2 Å². The quantitative estimate of drug-likeness (QED) is 0.453. The van der Waals surface area contributed by atoms with Crippen LogP contribution in [-0.4, -0.2) is 61.4 Å². The maximum absolute atomic E-state index is 12.2. The van der Waals surface area contributed by atoms with Crippen LogP contribution in [-0.2, 0) is 11.3 Å². The molecule has 9 heteroatoms. The zero-order valence-corrected chi connectivity index (χ0v) is 19.3. The molecule has 1 aromatic carbocycles. The summed E-state index contributed by atoms with van der Waals surface area (Å²) in [6.07, 6.45) is 1.94. The molecule has 9 nitrogen and oxygen atoms in total. The summed E-state index contributed by atoms with van der Waals surface area (Å²) in [4.78, 5) is 28.6. The standard InChI is InChI=1S/C21H23N7O2.C2H6/c1-4-27-18(14(3)29)22-17-19(26-7-9-30-10-8-26)23-21(24-20(17)27)28-12-15-11-13(2)5-6-16(15)25-28;1-2/h5-6,11-12H,4,7-10H2,1-3H3;1-2H3. The van der Waals surface area contributed by atoms with Crippen molar-refractivity contribution in [3.8, 4) is 5.95 Å². The number of ketones is 1. The summed E-state index contributed by atoms with van der Waals surface area (Å²) >= 11 is 0. The van der Waals surface area contributed by atoms with E-state index in [0.717, 1.165) is 10.9 Å². The number of aromatic nitrogens is 6. The first-order chi connectivity index (χ1) is 15.5. The van der Waals surface area contributed by atoms with Crippen LogP contribution < -0.4 is 4.90 Å². The second-order valence-corrected chi connectivity index (χ2v) is 7.49. The van der Waals surface area contributed by atoms with Gasteiger partial charge < -0.3 is 14.2 Å². The van der Waals surface area contributed by atoms with Crippen LogP contribution in [0.3, 0.4) is 0 Å². The van der Waals surface area contributed by atoms with Crippen molar-refractivity contribution in [2.24, 2.45) is 0 Å². The van der Waals surface area contributed by atoms with Gasteiger partial charge in [-0.25, -0.2) is 9.67 Å². The predicted molar refractivity (Wildman–Crippen MR) is 125 cm³/mol. The van der Waals surface area contributed by atoms with Crippen molar-refractivity contribution < 1.29 is 9.53 Å². The number of rotatable bonds is 4. The van der Waals surface area contributed by atoms with E-state index in [4.69, 9.17) is 14.7 Å². The molecule has 1 saturated heterocycles. The van der Waals surface area contributed by atoms with Gasteiger partial charge in [-0.1, -0.05) is 25.5 Å². The lowest BCUT2D eigenvalue weighted by atomic mass is 10.2. The van der Waals surface area contributed by atoms with Gasteiger partial charge in [0, 0.05) is 38.1 Å². The number of morpholine rings is 1. The van der Waals surface area contributed by atoms with Gasteiger partial charge in [-0.2, -0.15) is 15.1 Å². The molecule has 32 heavy (non-hydrogen) atoms. The highest BCUT2D eigenvalue weighted by Gasteiger charge is 2.24. The number of carbonyl (C=O) groups is 1. The first-order valence-corrected chi connectivity index (χ1v) is 11.1. The molecule has 0 unspecified atom stereocenters. The summed E-state index contributed by atoms with van der Waals surface area (Å²) in [6.45, 7) is 12.8. The number of benzene rings is 1. The highest BCUT2D eigenvalue weighted by atomic mass is 16.5. The Morgan fingerprint density at radius 1 is 1.12 bits per heavy atom. The van der Waals surface area contributed by atoms with Crippen LogP contribution in [0.2, 0.25) is 0 Å². The Bertz CT molecular complexity index is 1270. The molecular weight excluding hydrogens is 406 g/mol. The molecule has 0 radical (unpaired) electrons. The molecule has 4 heterocycles. The second kappa shape index (κ2) is 9.04. The fraction of sp³-hybridized carbons (Fsp3) is 0.435. The van der Waals surface area contributed by atoms with Crippen molar-refractivity contribution in [1.82, 2.24) is 29.3 Å². The summed E-state index contributed by atoms with van der Waals surface area (Å²) in [5.41, 5.74) is 3.33. The Morgan fingerprint density at radius 3 is 2.56 bits per heavy atom. The third-order valence-corrected chi connectivity index (χ3v) is 5.37. The Labute approximate surface area is 187 Å². The SMILES string of the molecule is CC.CCn1c(C(C)=O)nc2c(N3CCOCC3)nc(-n3cc4cc(C)ccc4n3)nc21. The molecule has 0 aliphatic carbocycles. The average Bonchev–Trinajstić information content (AvgIpc) is 3.41. The summed E-state index contributed by atoms with van der Waals surface area (Å²) in [5, 5.41) is 5.69.